The van der Waals surface area contributed by atoms with Crippen molar-refractivity contribution in [3.63, 3.8) is 0 Å². The first kappa shape index (κ1) is 24.9. The molecule has 1 aliphatic rings. The standard InChI is InChI=1S/C29H32N2O3S/c1-5-23-22-16-19(4)8-12-27(22)35-28-13-10-21(18-24(28)31-23)29(32)30-15-14-20-9-11-25(33-6-2)26(17-20)34-7-3/h8-13,16-18H,5-7,14-15H2,1-4H3,(H,30,32). The molecule has 0 saturated carbocycles. The largest absolute Gasteiger partial charge is 0.490 e. The first-order chi connectivity index (χ1) is 17.0. The molecule has 1 amide bonds. The number of amides is 1. The number of hydrogen-bond acceptors (Lipinski definition) is 5. The van der Waals surface area contributed by atoms with Crippen LogP contribution in [-0.2, 0) is 6.42 Å². The summed E-state index contributed by atoms with van der Waals surface area (Å²) in [5.74, 6) is 1.39. The number of ether oxygens (including phenoxy) is 2. The van der Waals surface area contributed by atoms with E-state index in [2.05, 4.69) is 37.4 Å². The molecule has 0 unspecified atom stereocenters. The van der Waals surface area contributed by atoms with Crippen molar-refractivity contribution in [2.45, 2.75) is 50.3 Å². The fraction of sp³-hybridized carbons (Fsp3) is 0.310. The predicted molar refractivity (Wildman–Crippen MR) is 143 cm³/mol. The molecule has 1 N–H and O–H groups in total. The summed E-state index contributed by atoms with van der Waals surface area (Å²) in [5, 5.41) is 3.04. The van der Waals surface area contributed by atoms with E-state index in [0.29, 0.717) is 31.7 Å². The van der Waals surface area contributed by atoms with Gasteiger partial charge in [0.15, 0.2) is 11.5 Å². The fourth-order valence-electron chi connectivity index (χ4n) is 4.06. The zero-order valence-electron chi connectivity index (χ0n) is 20.8. The fourth-order valence-corrected chi connectivity index (χ4v) is 5.06. The van der Waals surface area contributed by atoms with Crippen LogP contribution in [0.1, 0.15) is 54.2 Å². The van der Waals surface area contributed by atoms with Gasteiger partial charge in [0.25, 0.3) is 5.91 Å². The molecule has 0 aromatic heterocycles. The Labute approximate surface area is 212 Å². The third kappa shape index (κ3) is 5.88. The number of aryl methyl sites for hydroxylation is 1. The Morgan fingerprint density at radius 2 is 1.69 bits per heavy atom. The Bertz CT molecular complexity index is 1250. The quantitative estimate of drug-likeness (QED) is 0.361. The van der Waals surface area contributed by atoms with Crippen LogP contribution in [0.25, 0.3) is 0 Å². The van der Waals surface area contributed by atoms with Crippen molar-refractivity contribution in [3.8, 4) is 11.5 Å². The number of rotatable bonds is 9. The Morgan fingerprint density at radius 1 is 0.914 bits per heavy atom. The molecule has 0 fully saturated rings. The van der Waals surface area contributed by atoms with Gasteiger partial charge in [0.1, 0.15) is 0 Å². The zero-order valence-corrected chi connectivity index (χ0v) is 21.6. The molecular formula is C29H32N2O3S. The van der Waals surface area contributed by atoms with E-state index in [1.165, 1.54) is 16.0 Å². The van der Waals surface area contributed by atoms with Gasteiger partial charge in [-0.25, -0.2) is 0 Å². The van der Waals surface area contributed by atoms with Crippen molar-refractivity contribution in [1.29, 1.82) is 0 Å². The highest BCUT2D eigenvalue weighted by atomic mass is 32.2. The van der Waals surface area contributed by atoms with E-state index in [9.17, 15) is 4.79 Å². The highest BCUT2D eigenvalue weighted by molar-refractivity contribution is 7.99. The summed E-state index contributed by atoms with van der Waals surface area (Å²) in [4.78, 5) is 20.1. The van der Waals surface area contributed by atoms with Crippen molar-refractivity contribution in [3.05, 3.63) is 76.9 Å². The predicted octanol–water partition coefficient (Wildman–Crippen LogP) is 6.76. The molecule has 0 atom stereocenters. The average Bonchev–Trinajstić information content (AvgIpc) is 3.01. The number of nitrogens with zero attached hydrogens (tertiary/aromatic N) is 1. The van der Waals surface area contributed by atoms with Gasteiger partial charge in [-0.3, -0.25) is 9.79 Å². The highest BCUT2D eigenvalue weighted by Crippen LogP contribution is 2.41. The van der Waals surface area contributed by atoms with Crippen molar-refractivity contribution in [2.24, 2.45) is 4.99 Å². The summed E-state index contributed by atoms with van der Waals surface area (Å²) in [6.07, 6.45) is 1.53. The maximum atomic E-state index is 12.9. The van der Waals surface area contributed by atoms with Crippen molar-refractivity contribution in [2.75, 3.05) is 19.8 Å². The molecule has 0 aliphatic carbocycles. The molecule has 6 heteroatoms. The number of benzene rings is 3. The third-order valence-electron chi connectivity index (χ3n) is 5.78. The SMILES string of the molecule is CCOc1ccc(CCNC(=O)c2ccc3c(c2)N=C(CC)c2cc(C)ccc2S3)cc1OCC. The lowest BCUT2D eigenvalue weighted by Crippen LogP contribution is -2.25. The van der Waals surface area contributed by atoms with Crippen LogP contribution >= 0.6 is 11.8 Å². The maximum Gasteiger partial charge on any atom is 0.251 e. The molecule has 0 saturated heterocycles. The second kappa shape index (κ2) is 11.5. The van der Waals surface area contributed by atoms with E-state index >= 15 is 0 Å². The van der Waals surface area contributed by atoms with Crippen LogP contribution in [0, 0.1) is 6.92 Å². The smallest absolute Gasteiger partial charge is 0.251 e. The molecule has 4 rings (SSSR count). The lowest BCUT2D eigenvalue weighted by Gasteiger charge is -2.13. The lowest BCUT2D eigenvalue weighted by atomic mass is 10.0. The van der Waals surface area contributed by atoms with Crippen LogP contribution in [0.15, 0.2) is 69.4 Å². The molecular weight excluding hydrogens is 456 g/mol. The van der Waals surface area contributed by atoms with Crippen molar-refractivity contribution < 1.29 is 14.3 Å². The van der Waals surface area contributed by atoms with E-state index in [-0.39, 0.29) is 5.91 Å². The van der Waals surface area contributed by atoms with E-state index < -0.39 is 0 Å². The Kier molecular flexibility index (Phi) is 8.13. The van der Waals surface area contributed by atoms with E-state index in [1.54, 1.807) is 11.8 Å². The van der Waals surface area contributed by atoms with Gasteiger partial charge in [0, 0.05) is 33.2 Å². The van der Waals surface area contributed by atoms with Gasteiger partial charge in [-0.05, 0) is 81.6 Å². The average molecular weight is 489 g/mol. The Morgan fingerprint density at radius 3 is 2.46 bits per heavy atom. The third-order valence-corrected chi connectivity index (χ3v) is 6.93. The minimum atomic E-state index is -0.0976. The van der Waals surface area contributed by atoms with Crippen molar-refractivity contribution >= 4 is 29.1 Å². The molecule has 1 aliphatic heterocycles. The van der Waals surface area contributed by atoms with Gasteiger partial charge >= 0.3 is 0 Å². The number of hydrogen-bond donors (Lipinski definition) is 1. The summed E-state index contributed by atoms with van der Waals surface area (Å²) in [7, 11) is 0. The Balaban J connectivity index is 1.46. The van der Waals surface area contributed by atoms with E-state index in [1.807, 2.05) is 50.2 Å². The van der Waals surface area contributed by atoms with Crippen LogP contribution in [0.5, 0.6) is 11.5 Å². The monoisotopic (exact) mass is 488 g/mol. The molecule has 0 bridgehead atoms. The van der Waals surface area contributed by atoms with Gasteiger partial charge in [-0.1, -0.05) is 36.4 Å². The van der Waals surface area contributed by atoms with Gasteiger partial charge in [-0.2, -0.15) is 0 Å². The molecule has 3 aromatic rings. The summed E-state index contributed by atoms with van der Waals surface area (Å²) in [6, 6.07) is 18.2. The topological polar surface area (TPSA) is 59.9 Å². The van der Waals surface area contributed by atoms with Crippen LogP contribution in [0.3, 0.4) is 0 Å². The van der Waals surface area contributed by atoms with Crippen LogP contribution in [0.4, 0.5) is 5.69 Å². The van der Waals surface area contributed by atoms with Crippen molar-refractivity contribution in [1.82, 2.24) is 5.32 Å². The number of carbonyl (C=O) groups is 1. The molecule has 5 nitrogen and oxygen atoms in total. The van der Waals surface area contributed by atoms with E-state index in [4.69, 9.17) is 14.5 Å². The van der Waals surface area contributed by atoms with Crippen LogP contribution in [-0.4, -0.2) is 31.4 Å². The van der Waals surface area contributed by atoms with Crippen LogP contribution in [0.2, 0.25) is 0 Å². The van der Waals surface area contributed by atoms with E-state index in [0.717, 1.165) is 39.8 Å². The minimum Gasteiger partial charge on any atom is -0.490 e. The molecule has 3 aromatic carbocycles. The summed E-state index contributed by atoms with van der Waals surface area (Å²) >= 11 is 1.71. The number of fused-ring (bicyclic) bond motifs is 2. The second-order valence-corrected chi connectivity index (χ2v) is 9.43. The minimum absolute atomic E-state index is 0.0976. The summed E-state index contributed by atoms with van der Waals surface area (Å²) < 4.78 is 11.3. The number of nitrogens with one attached hydrogen (secondary N) is 1. The normalized spacial score (nSPS) is 12.2. The first-order valence-electron chi connectivity index (χ1n) is 12.2. The zero-order chi connectivity index (χ0) is 24.8. The summed E-state index contributed by atoms with van der Waals surface area (Å²) in [6.45, 7) is 9.81. The molecule has 182 valence electrons. The highest BCUT2D eigenvalue weighted by Gasteiger charge is 2.18. The maximum absolute atomic E-state index is 12.9. The van der Waals surface area contributed by atoms with Gasteiger partial charge < -0.3 is 14.8 Å². The molecule has 0 radical (unpaired) electrons. The molecule has 35 heavy (non-hydrogen) atoms. The number of carbonyl (C=O) groups excluding carboxylic acids is 1. The molecule has 0 spiro atoms. The van der Waals surface area contributed by atoms with Crippen LogP contribution < -0.4 is 14.8 Å². The number of aliphatic imine (C=N–C) groups is 1. The molecule has 1 heterocycles. The lowest BCUT2D eigenvalue weighted by molar-refractivity contribution is 0.0954. The second-order valence-electron chi connectivity index (χ2n) is 8.35. The van der Waals surface area contributed by atoms with Gasteiger partial charge in [0.2, 0.25) is 0 Å². The Hall–Kier alpha value is -3.25. The van der Waals surface area contributed by atoms with Gasteiger partial charge in [-0.15, -0.1) is 0 Å². The van der Waals surface area contributed by atoms with Gasteiger partial charge in [0.05, 0.1) is 18.9 Å². The first-order valence-corrected chi connectivity index (χ1v) is 13.0. The summed E-state index contributed by atoms with van der Waals surface area (Å²) in [5.41, 5.74) is 6.00.